The van der Waals surface area contributed by atoms with Crippen molar-refractivity contribution in [3.8, 4) is 0 Å². The van der Waals surface area contributed by atoms with Crippen LogP contribution < -0.4 is 0 Å². The molecule has 1 unspecified atom stereocenters. The highest BCUT2D eigenvalue weighted by atomic mass is 32.2. The molecule has 2 rings (SSSR count). The molecule has 0 saturated carbocycles. The van der Waals surface area contributed by atoms with Gasteiger partial charge in [0.15, 0.2) is 0 Å². The molecule has 0 spiro atoms. The van der Waals surface area contributed by atoms with Gasteiger partial charge in [-0.3, -0.25) is 13.9 Å². The van der Waals surface area contributed by atoms with Crippen LogP contribution in [0.4, 0.5) is 0 Å². The van der Waals surface area contributed by atoms with Crippen molar-refractivity contribution >= 4 is 28.4 Å². The van der Waals surface area contributed by atoms with Crippen LogP contribution in [0.3, 0.4) is 0 Å². The van der Waals surface area contributed by atoms with E-state index in [1.54, 1.807) is 12.1 Å². The van der Waals surface area contributed by atoms with Crippen LogP contribution >= 0.6 is 10.7 Å². The number of carboxylic acids is 1. The fourth-order valence-corrected chi connectivity index (χ4v) is 2.92. The average Bonchev–Trinajstić information content (AvgIpc) is 2.44. The first kappa shape index (κ1) is 9.92. The number of hydrogen-bond donors (Lipinski definition) is 1. The molecule has 0 saturated heterocycles. The number of carbonyl (C=O) groups excluding carboxylic acids is 1. The molecule has 1 aliphatic rings. The Bertz CT molecular complexity index is 434. The summed E-state index contributed by atoms with van der Waals surface area (Å²) in [6.07, 6.45) is 0. The topological polar surface area (TPSA) is 57.6 Å². The van der Waals surface area contributed by atoms with Gasteiger partial charge in [0.05, 0.1) is 5.56 Å². The lowest BCUT2D eigenvalue weighted by Crippen LogP contribution is -2.26. The molecule has 1 aliphatic heterocycles. The Kier molecular flexibility index (Phi) is 2.32. The molecule has 0 radical (unpaired) electrons. The van der Waals surface area contributed by atoms with Gasteiger partial charge >= 0.3 is 5.97 Å². The zero-order chi connectivity index (χ0) is 11.0. The molecule has 1 aromatic rings. The summed E-state index contributed by atoms with van der Waals surface area (Å²) in [6.45, 7) is -0.292. The molecular formula is C10H9NO3S. The third-order valence-corrected chi connectivity index (χ3v) is 3.83. The van der Waals surface area contributed by atoms with Crippen LogP contribution in [0.2, 0.25) is 0 Å². The molecule has 0 fully saturated rings. The van der Waals surface area contributed by atoms with Gasteiger partial charge in [-0.25, -0.2) is 0 Å². The van der Waals surface area contributed by atoms with E-state index < -0.39 is 16.6 Å². The minimum absolute atomic E-state index is 0.244. The highest BCUT2D eigenvalue weighted by molar-refractivity contribution is 8.13. The maximum absolute atomic E-state index is 11.8. The molecule has 15 heavy (non-hydrogen) atoms. The molecule has 5 heteroatoms. The fourth-order valence-electron chi connectivity index (χ4n) is 1.47. The number of amides is 1. The Hall–Kier alpha value is -1.62. The highest BCUT2D eigenvalue weighted by Crippen LogP contribution is 2.39. The maximum atomic E-state index is 11.8. The Morgan fingerprint density at radius 1 is 1.47 bits per heavy atom. The number of carbonyl (C=O) groups is 2. The van der Waals surface area contributed by atoms with Crippen molar-refractivity contribution in [3.05, 3.63) is 29.8 Å². The predicted octanol–water partition coefficient (Wildman–Crippen LogP) is 1.20. The third kappa shape index (κ3) is 1.55. The number of carboxylic acid groups (broad SMARTS) is 1. The summed E-state index contributed by atoms with van der Waals surface area (Å²) in [5.74, 6) is 2.57. The number of hydrogen-bond acceptors (Lipinski definition) is 2. The molecule has 1 atom stereocenters. The van der Waals surface area contributed by atoms with Crippen molar-refractivity contribution in [2.45, 2.75) is 4.90 Å². The molecule has 1 heterocycles. The van der Waals surface area contributed by atoms with Crippen molar-refractivity contribution in [1.82, 2.24) is 4.31 Å². The first-order valence-corrected chi connectivity index (χ1v) is 5.63. The summed E-state index contributed by atoms with van der Waals surface area (Å²) in [7, 11) is -0.683. The van der Waals surface area contributed by atoms with Crippen LogP contribution in [0.25, 0.3) is 0 Å². The van der Waals surface area contributed by atoms with Gasteiger partial charge in [0.1, 0.15) is 6.54 Å². The summed E-state index contributed by atoms with van der Waals surface area (Å²) in [6, 6.07) is 7.09. The van der Waals surface area contributed by atoms with Gasteiger partial charge < -0.3 is 5.11 Å². The highest BCUT2D eigenvalue weighted by Gasteiger charge is 2.31. The second kappa shape index (κ2) is 3.51. The quantitative estimate of drug-likeness (QED) is 0.766. The monoisotopic (exact) mass is 223 g/mol. The first-order valence-electron chi connectivity index (χ1n) is 4.28. The lowest BCUT2D eigenvalue weighted by molar-refractivity contribution is -0.136. The SMILES string of the molecule is C=S1c2ccccc2C(=O)N1CC(=O)O. The predicted molar refractivity (Wildman–Crippen MR) is 58.1 cm³/mol. The van der Waals surface area contributed by atoms with Crippen LogP contribution in [-0.2, 0) is 4.79 Å². The third-order valence-electron chi connectivity index (χ3n) is 2.14. The van der Waals surface area contributed by atoms with Crippen molar-refractivity contribution < 1.29 is 14.7 Å². The van der Waals surface area contributed by atoms with E-state index in [1.807, 2.05) is 12.1 Å². The van der Waals surface area contributed by atoms with E-state index in [9.17, 15) is 9.59 Å². The van der Waals surface area contributed by atoms with E-state index in [2.05, 4.69) is 5.87 Å². The summed E-state index contributed by atoms with van der Waals surface area (Å²) in [5.41, 5.74) is 0.567. The molecule has 78 valence electrons. The number of rotatable bonds is 2. The number of fused-ring (bicyclic) bond motifs is 1. The van der Waals surface area contributed by atoms with Crippen molar-refractivity contribution in [2.75, 3.05) is 6.54 Å². The van der Waals surface area contributed by atoms with Gasteiger partial charge in [-0.2, -0.15) is 0 Å². The van der Waals surface area contributed by atoms with E-state index in [4.69, 9.17) is 5.11 Å². The van der Waals surface area contributed by atoms with Gasteiger partial charge in [0.2, 0.25) is 0 Å². The Balaban J connectivity index is 2.41. The molecule has 1 aromatic carbocycles. The van der Waals surface area contributed by atoms with Crippen LogP contribution in [-0.4, -0.2) is 33.7 Å². The summed E-state index contributed by atoms with van der Waals surface area (Å²) >= 11 is 0. The second-order valence-corrected chi connectivity index (χ2v) is 4.71. The second-order valence-electron chi connectivity index (χ2n) is 3.10. The van der Waals surface area contributed by atoms with Gasteiger partial charge in [-0.1, -0.05) is 28.7 Å². The van der Waals surface area contributed by atoms with Crippen molar-refractivity contribution in [3.63, 3.8) is 0 Å². The normalized spacial score (nSPS) is 19.1. The smallest absolute Gasteiger partial charge is 0.324 e. The minimum atomic E-state index is -1.02. The zero-order valence-corrected chi connectivity index (χ0v) is 8.66. The number of aliphatic carboxylic acids is 1. The van der Waals surface area contributed by atoms with E-state index >= 15 is 0 Å². The molecule has 1 amide bonds. The summed E-state index contributed by atoms with van der Waals surface area (Å²) < 4.78 is 1.28. The fraction of sp³-hybridized carbons (Fsp3) is 0.100. The van der Waals surface area contributed by atoms with Gasteiger partial charge in [-0.15, -0.1) is 0 Å². The lowest BCUT2D eigenvalue weighted by Gasteiger charge is -2.14. The molecule has 0 aromatic heterocycles. The summed E-state index contributed by atoms with van der Waals surface area (Å²) in [4.78, 5) is 23.2. The zero-order valence-electron chi connectivity index (χ0n) is 7.84. The Morgan fingerprint density at radius 3 is 2.73 bits per heavy atom. The Labute approximate surface area is 89.2 Å². The van der Waals surface area contributed by atoms with Crippen molar-refractivity contribution in [1.29, 1.82) is 0 Å². The van der Waals surface area contributed by atoms with Gasteiger partial charge in [0.25, 0.3) is 5.91 Å². The first-order chi connectivity index (χ1) is 7.11. The average molecular weight is 223 g/mol. The van der Waals surface area contributed by atoms with Crippen LogP contribution in [0.5, 0.6) is 0 Å². The van der Waals surface area contributed by atoms with Crippen molar-refractivity contribution in [2.24, 2.45) is 0 Å². The van der Waals surface area contributed by atoms with E-state index in [1.165, 1.54) is 4.31 Å². The van der Waals surface area contributed by atoms with E-state index in [0.717, 1.165) is 4.90 Å². The van der Waals surface area contributed by atoms with E-state index in [0.29, 0.717) is 5.56 Å². The van der Waals surface area contributed by atoms with Crippen LogP contribution in [0.15, 0.2) is 29.2 Å². The standard InChI is InChI=1S/C10H9NO3S/c1-15-8-5-3-2-4-7(8)10(14)11(15)6-9(12)13/h2-5H,1,6H2,(H,12,13). The molecule has 4 nitrogen and oxygen atoms in total. The van der Waals surface area contributed by atoms with Crippen LogP contribution in [0.1, 0.15) is 10.4 Å². The molecule has 1 N–H and O–H groups in total. The van der Waals surface area contributed by atoms with Crippen LogP contribution in [0, 0.1) is 0 Å². The van der Waals surface area contributed by atoms with Gasteiger partial charge in [0, 0.05) is 4.90 Å². The largest absolute Gasteiger partial charge is 0.480 e. The maximum Gasteiger partial charge on any atom is 0.324 e. The lowest BCUT2D eigenvalue weighted by atomic mass is 10.2. The molecular weight excluding hydrogens is 214 g/mol. The summed E-state index contributed by atoms with van der Waals surface area (Å²) in [5, 5.41) is 8.67. The number of nitrogens with zero attached hydrogens (tertiary/aromatic N) is 1. The van der Waals surface area contributed by atoms with E-state index in [-0.39, 0.29) is 12.5 Å². The molecule has 0 aliphatic carbocycles. The van der Waals surface area contributed by atoms with Gasteiger partial charge in [-0.05, 0) is 12.1 Å². The Morgan fingerprint density at radius 2 is 2.13 bits per heavy atom. The molecule has 0 bridgehead atoms. The minimum Gasteiger partial charge on any atom is -0.480 e. The number of benzene rings is 1.